The number of rotatable bonds is 5. The molecule has 3 aliphatic heterocycles. The molecule has 2 fully saturated rings. The molecule has 156 valence electrons. The molecule has 1 aromatic heterocycles. The van der Waals surface area contributed by atoms with Crippen molar-refractivity contribution in [1.29, 1.82) is 0 Å². The van der Waals surface area contributed by atoms with Crippen LogP contribution in [0.25, 0.3) is 0 Å². The minimum atomic E-state index is -0.594. The summed E-state index contributed by atoms with van der Waals surface area (Å²) in [6.07, 6.45) is 2.93. The first-order valence-corrected chi connectivity index (χ1v) is 11.2. The van der Waals surface area contributed by atoms with Gasteiger partial charge in [-0.25, -0.2) is 4.98 Å². The number of hydrogen-bond donors (Lipinski definition) is 3. The number of imide groups is 1. The van der Waals surface area contributed by atoms with Gasteiger partial charge < -0.3 is 15.5 Å². The number of fused-ring (bicyclic) bond motifs is 1. The Hall–Kier alpha value is -2.78. The van der Waals surface area contributed by atoms with E-state index in [-0.39, 0.29) is 24.1 Å². The molecular weight excluding hydrogens is 402 g/mol. The van der Waals surface area contributed by atoms with E-state index in [9.17, 15) is 14.4 Å². The maximum Gasteiger partial charge on any atom is 0.255 e. The monoisotopic (exact) mass is 425 g/mol. The van der Waals surface area contributed by atoms with Crippen LogP contribution in [0.15, 0.2) is 23.6 Å². The van der Waals surface area contributed by atoms with E-state index >= 15 is 0 Å². The highest BCUT2D eigenvalue weighted by Crippen LogP contribution is 2.31. The van der Waals surface area contributed by atoms with Gasteiger partial charge in [0.2, 0.25) is 11.8 Å². The van der Waals surface area contributed by atoms with E-state index in [0.717, 1.165) is 34.9 Å². The zero-order valence-electron chi connectivity index (χ0n) is 16.4. The van der Waals surface area contributed by atoms with Crippen LogP contribution in [0.4, 0.5) is 5.13 Å². The third-order valence-electron chi connectivity index (χ3n) is 6.05. The molecule has 2 saturated heterocycles. The standard InChI is InChI=1S/C21H23N5O3S/c27-18-7-6-17(19(28)25-18)26-10-14-12(3-1-4-13(14)20(26)29)9-23-21-24-16(11-30-21)15-5-2-8-22-15/h1,3-4,11,15,17,22H,2,5-10H2,(H,23,24)(H,25,27,28)/t15-,17?/m0/s1. The van der Waals surface area contributed by atoms with Crippen LogP contribution in [0.1, 0.15) is 58.9 Å². The van der Waals surface area contributed by atoms with Crippen LogP contribution in [0.2, 0.25) is 0 Å². The highest BCUT2D eigenvalue weighted by atomic mass is 32.1. The fraction of sp³-hybridized carbons (Fsp3) is 0.429. The van der Waals surface area contributed by atoms with Gasteiger partial charge >= 0.3 is 0 Å². The molecule has 3 amide bonds. The second-order valence-corrected chi connectivity index (χ2v) is 8.78. The summed E-state index contributed by atoms with van der Waals surface area (Å²) in [6, 6.07) is 5.43. The van der Waals surface area contributed by atoms with E-state index in [2.05, 4.69) is 21.3 Å². The Morgan fingerprint density at radius 2 is 2.13 bits per heavy atom. The molecule has 0 bridgehead atoms. The number of carbonyl (C=O) groups is 3. The molecule has 2 atom stereocenters. The first kappa shape index (κ1) is 19.2. The van der Waals surface area contributed by atoms with E-state index in [1.54, 1.807) is 22.3 Å². The van der Waals surface area contributed by atoms with Crippen molar-refractivity contribution >= 4 is 34.2 Å². The Balaban J connectivity index is 1.30. The second kappa shape index (κ2) is 7.81. The molecule has 0 radical (unpaired) electrons. The molecule has 0 aliphatic carbocycles. The minimum absolute atomic E-state index is 0.148. The van der Waals surface area contributed by atoms with E-state index < -0.39 is 6.04 Å². The van der Waals surface area contributed by atoms with Gasteiger partial charge in [-0.05, 0) is 43.0 Å². The van der Waals surface area contributed by atoms with Crippen molar-refractivity contribution in [3.63, 3.8) is 0 Å². The van der Waals surface area contributed by atoms with Gasteiger partial charge in [-0.1, -0.05) is 12.1 Å². The maximum atomic E-state index is 12.9. The number of hydrogen-bond acceptors (Lipinski definition) is 7. The van der Waals surface area contributed by atoms with Crippen molar-refractivity contribution in [1.82, 2.24) is 20.5 Å². The number of piperidine rings is 1. The van der Waals surface area contributed by atoms with Gasteiger partial charge in [-0.15, -0.1) is 11.3 Å². The van der Waals surface area contributed by atoms with Gasteiger partial charge in [0.1, 0.15) is 6.04 Å². The summed E-state index contributed by atoms with van der Waals surface area (Å²) in [5.74, 6) is -0.811. The number of aromatic nitrogens is 1. The van der Waals surface area contributed by atoms with E-state index in [1.807, 2.05) is 12.1 Å². The molecule has 4 heterocycles. The first-order valence-electron chi connectivity index (χ1n) is 10.3. The zero-order valence-corrected chi connectivity index (χ0v) is 17.3. The van der Waals surface area contributed by atoms with Gasteiger partial charge in [0, 0.05) is 30.5 Å². The summed E-state index contributed by atoms with van der Waals surface area (Å²) in [4.78, 5) is 42.9. The Labute approximate surface area is 178 Å². The van der Waals surface area contributed by atoms with Crippen LogP contribution in [0.5, 0.6) is 0 Å². The topological polar surface area (TPSA) is 103 Å². The molecule has 3 N–H and O–H groups in total. The molecule has 2 aromatic rings. The number of thiazole rings is 1. The van der Waals surface area contributed by atoms with Crippen molar-refractivity contribution in [2.24, 2.45) is 0 Å². The summed E-state index contributed by atoms with van der Waals surface area (Å²) in [5, 5.41) is 12.1. The van der Waals surface area contributed by atoms with Gasteiger partial charge in [0.05, 0.1) is 11.7 Å². The Bertz CT molecular complexity index is 1010. The maximum absolute atomic E-state index is 12.9. The van der Waals surface area contributed by atoms with Crippen molar-refractivity contribution < 1.29 is 14.4 Å². The predicted molar refractivity (Wildman–Crippen MR) is 112 cm³/mol. The molecule has 0 spiro atoms. The van der Waals surface area contributed by atoms with Crippen LogP contribution in [0.3, 0.4) is 0 Å². The molecule has 30 heavy (non-hydrogen) atoms. The number of benzene rings is 1. The second-order valence-electron chi connectivity index (χ2n) is 7.92. The van der Waals surface area contributed by atoms with E-state index in [4.69, 9.17) is 4.98 Å². The number of nitrogens with zero attached hydrogens (tertiary/aromatic N) is 2. The molecular formula is C21H23N5O3S. The fourth-order valence-electron chi connectivity index (χ4n) is 4.45. The first-order chi connectivity index (χ1) is 14.6. The van der Waals surface area contributed by atoms with Crippen molar-refractivity contribution in [2.75, 3.05) is 11.9 Å². The van der Waals surface area contributed by atoms with E-state index in [0.29, 0.717) is 31.1 Å². The summed E-state index contributed by atoms with van der Waals surface area (Å²) < 4.78 is 0. The molecule has 1 unspecified atom stereocenters. The highest BCUT2D eigenvalue weighted by molar-refractivity contribution is 7.13. The van der Waals surface area contributed by atoms with Crippen molar-refractivity contribution in [3.8, 4) is 0 Å². The molecule has 8 nitrogen and oxygen atoms in total. The van der Waals surface area contributed by atoms with Gasteiger partial charge in [-0.2, -0.15) is 0 Å². The molecule has 0 saturated carbocycles. The summed E-state index contributed by atoms with van der Waals surface area (Å²) in [5.41, 5.74) is 3.67. The normalized spacial score (nSPS) is 23.6. The average molecular weight is 426 g/mol. The summed E-state index contributed by atoms with van der Waals surface area (Å²) >= 11 is 1.59. The lowest BCUT2D eigenvalue weighted by molar-refractivity contribution is -0.136. The predicted octanol–water partition coefficient (Wildman–Crippen LogP) is 1.94. The number of anilines is 1. The highest BCUT2D eigenvalue weighted by Gasteiger charge is 2.39. The smallest absolute Gasteiger partial charge is 0.255 e. The number of carbonyl (C=O) groups excluding carboxylic acids is 3. The van der Waals surface area contributed by atoms with Crippen molar-refractivity contribution in [2.45, 2.75) is 50.9 Å². The Morgan fingerprint density at radius 1 is 1.23 bits per heavy atom. The molecule has 9 heteroatoms. The third-order valence-corrected chi connectivity index (χ3v) is 6.87. The lowest BCUT2D eigenvalue weighted by Gasteiger charge is -2.29. The zero-order chi connectivity index (χ0) is 20.7. The minimum Gasteiger partial charge on any atom is -0.357 e. The molecule has 1 aromatic carbocycles. The average Bonchev–Trinajstić information content (AvgIpc) is 3.47. The summed E-state index contributed by atoms with van der Waals surface area (Å²) in [7, 11) is 0. The van der Waals surface area contributed by atoms with Crippen LogP contribution >= 0.6 is 11.3 Å². The number of nitrogens with one attached hydrogen (secondary N) is 3. The van der Waals surface area contributed by atoms with Crippen LogP contribution in [-0.2, 0) is 22.7 Å². The summed E-state index contributed by atoms with van der Waals surface area (Å²) in [6.45, 7) is 1.98. The largest absolute Gasteiger partial charge is 0.357 e. The van der Waals surface area contributed by atoms with Gasteiger partial charge in [0.15, 0.2) is 5.13 Å². The third kappa shape index (κ3) is 3.48. The van der Waals surface area contributed by atoms with Crippen LogP contribution in [-0.4, -0.2) is 40.2 Å². The Morgan fingerprint density at radius 3 is 2.93 bits per heavy atom. The number of amides is 3. The van der Waals surface area contributed by atoms with E-state index in [1.165, 1.54) is 6.42 Å². The molecule has 3 aliphatic rings. The molecule has 5 rings (SSSR count). The van der Waals surface area contributed by atoms with Gasteiger partial charge in [0.25, 0.3) is 5.91 Å². The van der Waals surface area contributed by atoms with Gasteiger partial charge in [-0.3, -0.25) is 19.7 Å². The lowest BCUT2D eigenvalue weighted by atomic mass is 10.0. The van der Waals surface area contributed by atoms with Crippen LogP contribution < -0.4 is 16.0 Å². The van der Waals surface area contributed by atoms with Crippen molar-refractivity contribution in [3.05, 3.63) is 46.0 Å². The Kier molecular flexibility index (Phi) is 5.00. The fourth-order valence-corrected chi connectivity index (χ4v) is 5.21. The SMILES string of the molecule is O=C1CCC(N2Cc3c(CNc4nc([C@@H]5CCCN5)cs4)cccc3C2=O)C(=O)N1. The lowest BCUT2D eigenvalue weighted by Crippen LogP contribution is -2.52. The van der Waals surface area contributed by atoms with Crippen LogP contribution in [0, 0.1) is 0 Å². The quantitative estimate of drug-likeness (QED) is 0.633.